The topological polar surface area (TPSA) is 104 Å². The molecule has 0 spiro atoms. The Hall–Kier alpha value is -2.44. The van der Waals surface area contributed by atoms with Gasteiger partial charge in [-0.05, 0) is 19.1 Å². The zero-order chi connectivity index (χ0) is 14.6. The van der Waals surface area contributed by atoms with Gasteiger partial charge in [-0.25, -0.2) is 9.18 Å². The van der Waals surface area contributed by atoms with E-state index in [1.165, 1.54) is 12.1 Å². The van der Waals surface area contributed by atoms with Gasteiger partial charge in [0.05, 0.1) is 12.0 Å². The summed E-state index contributed by atoms with van der Waals surface area (Å²) in [6.45, 7) is 1.64. The van der Waals surface area contributed by atoms with Crippen molar-refractivity contribution < 1.29 is 29.0 Å². The maximum Gasteiger partial charge on any atom is 0.326 e. The molecule has 0 unspecified atom stereocenters. The number of carboxylic acids is 2. The van der Waals surface area contributed by atoms with Gasteiger partial charge in [0, 0.05) is 0 Å². The van der Waals surface area contributed by atoms with Gasteiger partial charge in [0.1, 0.15) is 11.9 Å². The van der Waals surface area contributed by atoms with Crippen LogP contribution in [0.15, 0.2) is 18.2 Å². The van der Waals surface area contributed by atoms with E-state index in [1.54, 1.807) is 6.92 Å². The first-order valence-corrected chi connectivity index (χ1v) is 5.33. The van der Waals surface area contributed by atoms with Gasteiger partial charge >= 0.3 is 11.9 Å². The van der Waals surface area contributed by atoms with Crippen LogP contribution in [-0.2, 0) is 9.59 Å². The number of carboxylic acid groups (broad SMARTS) is 2. The van der Waals surface area contributed by atoms with Crippen LogP contribution in [0.1, 0.15) is 22.3 Å². The number of hydrogen-bond donors (Lipinski definition) is 3. The summed E-state index contributed by atoms with van der Waals surface area (Å²) in [6, 6.07) is 2.18. The molecule has 1 rings (SSSR count). The Balaban J connectivity index is 2.90. The summed E-state index contributed by atoms with van der Waals surface area (Å²) in [5.41, 5.74) is 0.299. The number of benzene rings is 1. The molecule has 0 fully saturated rings. The molecule has 0 aliphatic rings. The van der Waals surface area contributed by atoms with Crippen LogP contribution in [0.25, 0.3) is 0 Å². The normalized spacial score (nSPS) is 11.7. The summed E-state index contributed by atoms with van der Waals surface area (Å²) >= 11 is 0. The zero-order valence-corrected chi connectivity index (χ0v) is 10.0. The summed E-state index contributed by atoms with van der Waals surface area (Å²) in [5.74, 6) is -4.64. The minimum Gasteiger partial charge on any atom is -0.481 e. The Morgan fingerprint density at radius 1 is 1.32 bits per heavy atom. The molecule has 0 heterocycles. The first-order chi connectivity index (χ1) is 8.81. The van der Waals surface area contributed by atoms with Gasteiger partial charge in [0.15, 0.2) is 0 Å². The predicted octanol–water partition coefficient (Wildman–Crippen LogP) is 0.792. The number of carbonyl (C=O) groups is 3. The van der Waals surface area contributed by atoms with Crippen LogP contribution in [0, 0.1) is 12.7 Å². The maximum atomic E-state index is 13.4. The van der Waals surface area contributed by atoms with Crippen LogP contribution >= 0.6 is 0 Å². The molecular weight excluding hydrogens is 257 g/mol. The number of amides is 1. The molecule has 6 nitrogen and oxygen atoms in total. The fourth-order valence-corrected chi connectivity index (χ4v) is 1.42. The van der Waals surface area contributed by atoms with Gasteiger partial charge in [-0.3, -0.25) is 9.59 Å². The van der Waals surface area contributed by atoms with Crippen molar-refractivity contribution in [3.63, 3.8) is 0 Å². The fraction of sp³-hybridized carbons (Fsp3) is 0.250. The molecule has 0 saturated carbocycles. The summed E-state index contributed by atoms with van der Waals surface area (Å²) < 4.78 is 13.4. The minimum atomic E-state index is -1.61. The Morgan fingerprint density at radius 3 is 2.47 bits per heavy atom. The third-order valence-corrected chi connectivity index (χ3v) is 2.35. The lowest BCUT2D eigenvalue weighted by Gasteiger charge is -2.13. The molecule has 102 valence electrons. The van der Waals surface area contributed by atoms with E-state index in [1.807, 2.05) is 5.32 Å². The first kappa shape index (κ1) is 14.6. The summed E-state index contributed by atoms with van der Waals surface area (Å²) in [4.78, 5) is 33.0. The van der Waals surface area contributed by atoms with Crippen molar-refractivity contribution in [1.82, 2.24) is 5.32 Å². The molecule has 7 heteroatoms. The number of nitrogens with one attached hydrogen (secondary N) is 1. The Morgan fingerprint density at radius 2 is 1.95 bits per heavy atom. The number of aliphatic carboxylic acids is 2. The average molecular weight is 269 g/mol. The number of hydrogen-bond acceptors (Lipinski definition) is 3. The van der Waals surface area contributed by atoms with Crippen molar-refractivity contribution >= 4 is 17.8 Å². The standard InChI is InChI=1S/C12H12FNO5/c1-6-2-3-8(13)7(4-6)11(17)14-9(12(18)19)5-10(15)16/h2-4,9H,5H2,1H3,(H,14,17)(H,15,16)(H,18,19)/t9-/m1/s1. The van der Waals surface area contributed by atoms with E-state index in [0.29, 0.717) is 5.56 Å². The molecule has 1 aromatic carbocycles. The van der Waals surface area contributed by atoms with Crippen LogP contribution in [-0.4, -0.2) is 34.1 Å². The molecule has 0 aliphatic heterocycles. The highest BCUT2D eigenvalue weighted by atomic mass is 19.1. The molecular formula is C12H12FNO5. The average Bonchev–Trinajstić information content (AvgIpc) is 2.30. The van der Waals surface area contributed by atoms with Crippen molar-refractivity contribution in [3.8, 4) is 0 Å². The van der Waals surface area contributed by atoms with Gasteiger partial charge < -0.3 is 15.5 Å². The van der Waals surface area contributed by atoms with Crippen molar-refractivity contribution in [2.24, 2.45) is 0 Å². The molecule has 0 aromatic heterocycles. The van der Waals surface area contributed by atoms with E-state index in [2.05, 4.69) is 0 Å². The van der Waals surface area contributed by atoms with Crippen LogP contribution in [0.2, 0.25) is 0 Å². The van der Waals surface area contributed by atoms with Gasteiger partial charge in [-0.2, -0.15) is 0 Å². The van der Waals surface area contributed by atoms with Crippen LogP contribution in [0.4, 0.5) is 4.39 Å². The molecule has 19 heavy (non-hydrogen) atoms. The second-order valence-electron chi connectivity index (χ2n) is 3.95. The Kier molecular flexibility index (Phi) is 4.57. The maximum absolute atomic E-state index is 13.4. The quantitative estimate of drug-likeness (QED) is 0.733. The van der Waals surface area contributed by atoms with Crippen molar-refractivity contribution in [3.05, 3.63) is 35.1 Å². The number of carbonyl (C=O) groups excluding carboxylic acids is 1. The van der Waals surface area contributed by atoms with Gasteiger partial charge in [-0.15, -0.1) is 0 Å². The highest BCUT2D eigenvalue weighted by molar-refractivity contribution is 5.97. The monoisotopic (exact) mass is 269 g/mol. The largest absolute Gasteiger partial charge is 0.481 e. The Labute approximate surface area is 107 Å². The minimum absolute atomic E-state index is 0.323. The molecule has 0 bridgehead atoms. The van der Waals surface area contributed by atoms with Crippen LogP contribution in [0.5, 0.6) is 0 Å². The van der Waals surface area contributed by atoms with E-state index < -0.39 is 36.1 Å². The van der Waals surface area contributed by atoms with Gasteiger partial charge in [-0.1, -0.05) is 11.6 Å². The lowest BCUT2D eigenvalue weighted by molar-refractivity contribution is -0.145. The van der Waals surface area contributed by atoms with E-state index >= 15 is 0 Å². The Bertz CT molecular complexity index is 529. The van der Waals surface area contributed by atoms with Crippen molar-refractivity contribution in [1.29, 1.82) is 0 Å². The zero-order valence-electron chi connectivity index (χ0n) is 10.0. The molecule has 1 amide bonds. The second-order valence-corrected chi connectivity index (χ2v) is 3.95. The summed E-state index contributed by atoms with van der Waals surface area (Å²) in [7, 11) is 0. The second kappa shape index (κ2) is 5.94. The molecule has 1 atom stereocenters. The van der Waals surface area contributed by atoms with Gasteiger partial charge in [0.2, 0.25) is 0 Å². The lowest BCUT2D eigenvalue weighted by atomic mass is 10.1. The third-order valence-electron chi connectivity index (χ3n) is 2.35. The van der Waals surface area contributed by atoms with E-state index in [9.17, 15) is 18.8 Å². The van der Waals surface area contributed by atoms with Crippen LogP contribution in [0.3, 0.4) is 0 Å². The highest BCUT2D eigenvalue weighted by Gasteiger charge is 2.24. The molecule has 0 saturated heterocycles. The number of rotatable bonds is 5. The van der Waals surface area contributed by atoms with E-state index in [4.69, 9.17) is 10.2 Å². The number of aryl methyl sites for hydroxylation is 1. The van der Waals surface area contributed by atoms with Crippen molar-refractivity contribution in [2.45, 2.75) is 19.4 Å². The first-order valence-electron chi connectivity index (χ1n) is 5.33. The smallest absolute Gasteiger partial charge is 0.326 e. The van der Waals surface area contributed by atoms with Crippen molar-refractivity contribution in [2.75, 3.05) is 0 Å². The van der Waals surface area contributed by atoms with Crippen LogP contribution < -0.4 is 5.32 Å². The molecule has 0 aliphatic carbocycles. The number of halogens is 1. The van der Waals surface area contributed by atoms with Gasteiger partial charge in [0.25, 0.3) is 5.91 Å². The molecule has 3 N–H and O–H groups in total. The lowest BCUT2D eigenvalue weighted by Crippen LogP contribution is -2.42. The fourth-order valence-electron chi connectivity index (χ4n) is 1.42. The SMILES string of the molecule is Cc1ccc(F)c(C(=O)N[C@H](CC(=O)O)C(=O)O)c1. The van der Waals surface area contributed by atoms with E-state index in [-0.39, 0.29) is 5.56 Å². The highest BCUT2D eigenvalue weighted by Crippen LogP contribution is 2.10. The van der Waals surface area contributed by atoms with E-state index in [0.717, 1.165) is 6.07 Å². The molecule has 1 aromatic rings. The summed E-state index contributed by atoms with van der Waals surface area (Å²) in [6.07, 6.45) is -0.783. The predicted molar refractivity (Wildman–Crippen MR) is 62.3 cm³/mol. The third kappa shape index (κ3) is 4.06. The molecule has 0 radical (unpaired) electrons. The summed E-state index contributed by atoms with van der Waals surface area (Å²) in [5, 5.41) is 19.3.